The van der Waals surface area contributed by atoms with E-state index in [4.69, 9.17) is 0 Å². The van der Waals surface area contributed by atoms with Crippen molar-refractivity contribution in [3.05, 3.63) is 29.6 Å². The Morgan fingerprint density at radius 1 is 1.33 bits per heavy atom. The lowest BCUT2D eigenvalue weighted by Crippen LogP contribution is -2.32. The zero-order valence-electron chi connectivity index (χ0n) is 12.6. The molecule has 2 rings (SSSR count). The molecular weight excluding hydrogens is 291 g/mol. The molecule has 1 N–H and O–H groups in total. The van der Waals surface area contributed by atoms with E-state index < -0.39 is 15.8 Å². The Morgan fingerprint density at radius 2 is 2.05 bits per heavy atom. The van der Waals surface area contributed by atoms with Crippen LogP contribution < -0.4 is 5.32 Å². The van der Waals surface area contributed by atoms with Crippen molar-refractivity contribution in [2.75, 3.05) is 13.1 Å². The molecule has 6 heteroatoms. The number of hydrogen-bond acceptors (Lipinski definition) is 3. The second kappa shape index (κ2) is 6.85. The number of hydrogen-bond donors (Lipinski definition) is 1. The number of halogens is 1. The summed E-state index contributed by atoms with van der Waals surface area (Å²) in [6, 6.07) is 4.93. The van der Waals surface area contributed by atoms with Gasteiger partial charge in [-0.05, 0) is 37.0 Å². The molecule has 0 amide bonds. The molecule has 1 aliphatic carbocycles. The van der Waals surface area contributed by atoms with Crippen LogP contribution in [0.2, 0.25) is 0 Å². The molecule has 0 aromatic heterocycles. The van der Waals surface area contributed by atoms with Gasteiger partial charge in [-0.15, -0.1) is 0 Å². The Kier molecular flexibility index (Phi) is 5.35. The number of nitrogens with one attached hydrogen (secondary N) is 1. The summed E-state index contributed by atoms with van der Waals surface area (Å²) in [4.78, 5) is -0.229. The van der Waals surface area contributed by atoms with Gasteiger partial charge in [-0.25, -0.2) is 12.8 Å². The van der Waals surface area contributed by atoms with Crippen molar-refractivity contribution in [2.24, 2.45) is 0 Å². The summed E-state index contributed by atoms with van der Waals surface area (Å²) < 4.78 is 40.4. The van der Waals surface area contributed by atoms with Gasteiger partial charge >= 0.3 is 0 Å². The summed E-state index contributed by atoms with van der Waals surface area (Å²) in [6.45, 7) is 5.00. The van der Waals surface area contributed by atoms with Crippen molar-refractivity contribution < 1.29 is 12.8 Å². The van der Waals surface area contributed by atoms with E-state index in [0.29, 0.717) is 32.1 Å². The highest BCUT2D eigenvalue weighted by Crippen LogP contribution is 2.22. The highest BCUT2D eigenvalue weighted by Gasteiger charge is 2.26. The minimum Gasteiger partial charge on any atom is -0.310 e. The van der Waals surface area contributed by atoms with Gasteiger partial charge in [0.1, 0.15) is 10.7 Å². The van der Waals surface area contributed by atoms with E-state index in [9.17, 15) is 12.8 Å². The summed E-state index contributed by atoms with van der Waals surface area (Å²) >= 11 is 0. The SMILES string of the molecule is CCCN(CC)S(=O)(=O)c1ccc(CNC2CC2)cc1F. The van der Waals surface area contributed by atoms with Crippen LogP contribution in [0.25, 0.3) is 0 Å². The zero-order valence-corrected chi connectivity index (χ0v) is 13.4. The van der Waals surface area contributed by atoms with E-state index >= 15 is 0 Å². The van der Waals surface area contributed by atoms with Gasteiger partial charge in [0.05, 0.1) is 0 Å². The quantitative estimate of drug-likeness (QED) is 0.802. The Bertz CT molecular complexity index is 585. The highest BCUT2D eigenvalue weighted by atomic mass is 32.2. The molecule has 0 unspecified atom stereocenters. The fraction of sp³-hybridized carbons (Fsp3) is 0.600. The standard InChI is InChI=1S/C15H23FN2O2S/c1-3-9-18(4-2)21(19,20)15-8-5-12(10-14(15)16)11-17-13-6-7-13/h5,8,10,13,17H,3-4,6-7,9,11H2,1-2H3. The van der Waals surface area contributed by atoms with Crippen molar-refractivity contribution >= 4 is 10.0 Å². The normalized spacial score (nSPS) is 15.6. The third-order valence-corrected chi connectivity index (χ3v) is 5.62. The predicted octanol–water partition coefficient (Wildman–Crippen LogP) is 2.50. The molecule has 1 aromatic carbocycles. The Balaban J connectivity index is 2.18. The lowest BCUT2D eigenvalue weighted by atomic mass is 10.2. The Hall–Kier alpha value is -0.980. The molecule has 0 aliphatic heterocycles. The molecule has 0 bridgehead atoms. The first-order valence-corrected chi connectivity index (χ1v) is 8.95. The molecule has 1 aromatic rings. The van der Waals surface area contributed by atoms with Crippen LogP contribution in [0.5, 0.6) is 0 Å². The molecule has 0 spiro atoms. The van der Waals surface area contributed by atoms with Crippen LogP contribution in [-0.4, -0.2) is 31.9 Å². The van der Waals surface area contributed by atoms with Crippen LogP contribution in [0.4, 0.5) is 4.39 Å². The van der Waals surface area contributed by atoms with Crippen LogP contribution in [0.15, 0.2) is 23.1 Å². The molecule has 1 aliphatic rings. The van der Waals surface area contributed by atoms with E-state index in [1.165, 1.54) is 16.4 Å². The molecule has 1 saturated carbocycles. The second-order valence-electron chi connectivity index (χ2n) is 5.42. The summed E-state index contributed by atoms with van der Waals surface area (Å²) in [5, 5.41) is 3.29. The van der Waals surface area contributed by atoms with Gasteiger partial charge < -0.3 is 5.32 Å². The average Bonchev–Trinajstić information content (AvgIpc) is 3.26. The van der Waals surface area contributed by atoms with Gasteiger partial charge in [-0.1, -0.05) is 19.9 Å². The van der Waals surface area contributed by atoms with Crippen molar-refractivity contribution in [1.29, 1.82) is 0 Å². The Labute approximate surface area is 126 Å². The van der Waals surface area contributed by atoms with E-state index in [1.54, 1.807) is 13.0 Å². The second-order valence-corrected chi connectivity index (χ2v) is 7.32. The number of benzene rings is 1. The van der Waals surface area contributed by atoms with Crippen molar-refractivity contribution in [2.45, 2.75) is 50.6 Å². The summed E-state index contributed by atoms with van der Waals surface area (Å²) in [5.41, 5.74) is 0.775. The summed E-state index contributed by atoms with van der Waals surface area (Å²) in [6.07, 6.45) is 3.03. The first kappa shape index (κ1) is 16.4. The summed E-state index contributed by atoms with van der Waals surface area (Å²) in [7, 11) is -3.74. The topological polar surface area (TPSA) is 49.4 Å². The lowest BCUT2D eigenvalue weighted by molar-refractivity contribution is 0.423. The van der Waals surface area contributed by atoms with E-state index in [-0.39, 0.29) is 4.90 Å². The van der Waals surface area contributed by atoms with E-state index in [1.807, 2.05) is 6.92 Å². The summed E-state index contributed by atoms with van der Waals surface area (Å²) in [5.74, 6) is -0.667. The first-order valence-electron chi connectivity index (χ1n) is 7.51. The first-order chi connectivity index (χ1) is 9.98. The van der Waals surface area contributed by atoms with Gasteiger partial charge in [-0.2, -0.15) is 4.31 Å². The minimum absolute atomic E-state index is 0.229. The molecule has 4 nitrogen and oxygen atoms in total. The molecule has 118 valence electrons. The van der Waals surface area contributed by atoms with Crippen LogP contribution in [0, 0.1) is 5.82 Å². The third-order valence-electron chi connectivity index (χ3n) is 3.61. The maximum Gasteiger partial charge on any atom is 0.245 e. The molecule has 0 heterocycles. The van der Waals surface area contributed by atoms with Crippen LogP contribution in [0.3, 0.4) is 0 Å². The van der Waals surface area contributed by atoms with E-state index in [0.717, 1.165) is 18.4 Å². The lowest BCUT2D eigenvalue weighted by Gasteiger charge is -2.20. The molecular formula is C15H23FN2O2S. The van der Waals surface area contributed by atoms with Gasteiger partial charge in [0.25, 0.3) is 0 Å². The largest absolute Gasteiger partial charge is 0.310 e. The van der Waals surface area contributed by atoms with Gasteiger partial charge in [0.15, 0.2) is 0 Å². The maximum absolute atomic E-state index is 14.2. The molecule has 21 heavy (non-hydrogen) atoms. The van der Waals surface area contributed by atoms with Crippen molar-refractivity contribution in [1.82, 2.24) is 9.62 Å². The molecule has 0 saturated heterocycles. The molecule has 0 radical (unpaired) electrons. The van der Waals surface area contributed by atoms with Gasteiger partial charge in [0.2, 0.25) is 10.0 Å². The number of rotatable bonds is 8. The monoisotopic (exact) mass is 314 g/mol. The smallest absolute Gasteiger partial charge is 0.245 e. The van der Waals surface area contributed by atoms with E-state index in [2.05, 4.69) is 5.32 Å². The van der Waals surface area contributed by atoms with Crippen LogP contribution >= 0.6 is 0 Å². The van der Waals surface area contributed by atoms with Gasteiger partial charge in [0, 0.05) is 25.7 Å². The maximum atomic E-state index is 14.2. The van der Waals surface area contributed by atoms with Crippen molar-refractivity contribution in [3.8, 4) is 0 Å². The Morgan fingerprint density at radius 3 is 2.57 bits per heavy atom. The number of nitrogens with zero attached hydrogens (tertiary/aromatic N) is 1. The van der Waals surface area contributed by atoms with Crippen LogP contribution in [0.1, 0.15) is 38.7 Å². The zero-order chi connectivity index (χ0) is 15.5. The fourth-order valence-corrected chi connectivity index (χ4v) is 3.84. The predicted molar refractivity (Wildman–Crippen MR) is 81.0 cm³/mol. The van der Waals surface area contributed by atoms with Gasteiger partial charge in [-0.3, -0.25) is 0 Å². The van der Waals surface area contributed by atoms with Crippen LogP contribution in [-0.2, 0) is 16.6 Å². The highest BCUT2D eigenvalue weighted by molar-refractivity contribution is 7.89. The fourth-order valence-electron chi connectivity index (χ4n) is 2.25. The molecule has 0 atom stereocenters. The van der Waals surface area contributed by atoms with Crippen molar-refractivity contribution in [3.63, 3.8) is 0 Å². The minimum atomic E-state index is -3.74. The number of sulfonamides is 1. The third kappa shape index (κ3) is 4.02. The average molecular weight is 314 g/mol. The molecule has 1 fully saturated rings.